The smallest absolute Gasteiger partial charge is 0.360 e. The van der Waals surface area contributed by atoms with Gasteiger partial charge in [0.15, 0.2) is 5.69 Å². The third-order valence-electron chi connectivity index (χ3n) is 2.80. The van der Waals surface area contributed by atoms with E-state index in [1.54, 1.807) is 12.4 Å². The van der Waals surface area contributed by atoms with Crippen molar-refractivity contribution in [1.29, 1.82) is 0 Å². The summed E-state index contributed by atoms with van der Waals surface area (Å²) in [6.45, 7) is 6.04. The molecule has 1 saturated heterocycles. The van der Waals surface area contributed by atoms with Gasteiger partial charge in [0.2, 0.25) is 0 Å². The van der Waals surface area contributed by atoms with Gasteiger partial charge in [-0.3, -0.25) is 0 Å². The van der Waals surface area contributed by atoms with Crippen LogP contribution in [0.3, 0.4) is 0 Å². The Labute approximate surface area is 111 Å². The second-order valence-corrected chi connectivity index (χ2v) is 5.01. The van der Waals surface area contributed by atoms with Crippen LogP contribution < -0.4 is 5.43 Å². The van der Waals surface area contributed by atoms with Crippen LogP contribution in [0.15, 0.2) is 5.51 Å². The predicted molar refractivity (Wildman–Crippen MR) is 70.8 cm³/mol. The van der Waals surface area contributed by atoms with Crippen LogP contribution in [0, 0.1) is 0 Å². The number of nitrogens with one attached hydrogen (secondary N) is 1. The van der Waals surface area contributed by atoms with E-state index < -0.39 is 0 Å². The minimum atomic E-state index is -0.365. The molecule has 1 aromatic heterocycles. The molecule has 1 N–H and O–H groups in total. The number of carbonyl (C=O) groups is 1. The minimum Gasteiger partial charge on any atom is -0.461 e. The van der Waals surface area contributed by atoms with E-state index in [1.165, 1.54) is 11.3 Å². The summed E-state index contributed by atoms with van der Waals surface area (Å²) in [5.74, 6) is -0.365. The highest BCUT2D eigenvalue weighted by atomic mass is 32.1. The topological polar surface area (TPSA) is 57.7 Å². The summed E-state index contributed by atoms with van der Waals surface area (Å²) in [5.41, 5.74) is 5.28. The number of piperazine rings is 1. The number of anilines is 1. The first-order chi connectivity index (χ1) is 8.70. The lowest BCUT2D eigenvalue weighted by Crippen LogP contribution is -2.47. The average Bonchev–Trinajstić information content (AvgIpc) is 2.81. The number of rotatable bonds is 4. The SMILES string of the molecule is CCOC(=O)c1ncsc1NN1CCN(C)CC1. The number of aromatic nitrogens is 1. The molecule has 18 heavy (non-hydrogen) atoms. The molecule has 0 spiro atoms. The summed E-state index contributed by atoms with van der Waals surface area (Å²) in [5, 5.41) is 2.87. The Morgan fingerprint density at radius 1 is 1.50 bits per heavy atom. The van der Waals surface area contributed by atoms with E-state index in [0.29, 0.717) is 12.3 Å². The van der Waals surface area contributed by atoms with Crippen LogP contribution in [0.25, 0.3) is 0 Å². The molecule has 0 radical (unpaired) electrons. The van der Waals surface area contributed by atoms with Crippen molar-refractivity contribution in [2.45, 2.75) is 6.92 Å². The van der Waals surface area contributed by atoms with Crippen LogP contribution >= 0.6 is 11.3 Å². The van der Waals surface area contributed by atoms with Crippen LogP contribution in [0.4, 0.5) is 5.00 Å². The Kier molecular flexibility index (Phi) is 4.51. The van der Waals surface area contributed by atoms with Gasteiger partial charge >= 0.3 is 5.97 Å². The van der Waals surface area contributed by atoms with E-state index in [1.807, 2.05) is 0 Å². The van der Waals surface area contributed by atoms with Gasteiger partial charge in [0.25, 0.3) is 0 Å². The number of likely N-dealkylation sites (N-methyl/N-ethyl adjacent to an activating group) is 1. The number of carbonyl (C=O) groups excluding carboxylic acids is 1. The van der Waals surface area contributed by atoms with Gasteiger partial charge in [0.1, 0.15) is 5.00 Å². The molecule has 7 heteroatoms. The molecule has 2 rings (SSSR count). The van der Waals surface area contributed by atoms with Gasteiger partial charge in [0, 0.05) is 26.2 Å². The molecular formula is C11H18N4O2S. The third-order valence-corrected chi connectivity index (χ3v) is 3.53. The van der Waals surface area contributed by atoms with Gasteiger partial charge in [-0.15, -0.1) is 11.3 Å². The van der Waals surface area contributed by atoms with Crippen LogP contribution in [-0.4, -0.2) is 60.7 Å². The highest BCUT2D eigenvalue weighted by Crippen LogP contribution is 2.22. The fourth-order valence-corrected chi connectivity index (χ4v) is 2.43. The van der Waals surface area contributed by atoms with E-state index >= 15 is 0 Å². The van der Waals surface area contributed by atoms with Gasteiger partial charge in [-0.1, -0.05) is 0 Å². The van der Waals surface area contributed by atoms with Crippen molar-refractivity contribution < 1.29 is 9.53 Å². The summed E-state index contributed by atoms with van der Waals surface area (Å²) in [6.07, 6.45) is 0. The molecule has 0 unspecified atom stereocenters. The minimum absolute atomic E-state index is 0.365. The zero-order valence-corrected chi connectivity index (χ0v) is 11.5. The molecular weight excluding hydrogens is 252 g/mol. The quantitative estimate of drug-likeness (QED) is 0.820. The number of hydrogen-bond donors (Lipinski definition) is 1. The van der Waals surface area contributed by atoms with Crippen molar-refractivity contribution in [3.8, 4) is 0 Å². The fourth-order valence-electron chi connectivity index (χ4n) is 1.73. The molecule has 1 aliphatic heterocycles. The Hall–Kier alpha value is -1.18. The summed E-state index contributed by atoms with van der Waals surface area (Å²) in [4.78, 5) is 18.0. The summed E-state index contributed by atoms with van der Waals surface area (Å²) in [7, 11) is 2.11. The third kappa shape index (κ3) is 3.18. The number of ether oxygens (including phenoxy) is 1. The van der Waals surface area contributed by atoms with Gasteiger partial charge < -0.3 is 15.1 Å². The maximum atomic E-state index is 11.7. The maximum Gasteiger partial charge on any atom is 0.360 e. The van der Waals surface area contributed by atoms with Gasteiger partial charge in [-0.25, -0.2) is 14.8 Å². The molecule has 0 aromatic carbocycles. The molecule has 1 fully saturated rings. The molecule has 6 nitrogen and oxygen atoms in total. The Morgan fingerprint density at radius 3 is 2.89 bits per heavy atom. The van der Waals surface area contributed by atoms with Crippen molar-refractivity contribution in [2.24, 2.45) is 0 Å². The first-order valence-corrected chi connectivity index (χ1v) is 6.89. The molecule has 100 valence electrons. The second-order valence-electron chi connectivity index (χ2n) is 4.15. The highest BCUT2D eigenvalue weighted by molar-refractivity contribution is 7.14. The van der Waals surface area contributed by atoms with Crippen LogP contribution in [-0.2, 0) is 4.74 Å². The van der Waals surface area contributed by atoms with Gasteiger partial charge in [-0.2, -0.15) is 0 Å². The number of hydrogen-bond acceptors (Lipinski definition) is 7. The van der Waals surface area contributed by atoms with Crippen LogP contribution in [0.2, 0.25) is 0 Å². The monoisotopic (exact) mass is 270 g/mol. The van der Waals surface area contributed by atoms with Crippen molar-refractivity contribution in [2.75, 3.05) is 45.3 Å². The zero-order valence-electron chi connectivity index (χ0n) is 10.7. The summed E-state index contributed by atoms with van der Waals surface area (Å²) < 4.78 is 4.97. The molecule has 0 amide bonds. The standard InChI is InChI=1S/C11H18N4O2S/c1-3-17-11(16)9-10(18-8-12-9)13-15-6-4-14(2)5-7-15/h8,13H,3-7H2,1-2H3. The van der Waals surface area contributed by atoms with Crippen molar-refractivity contribution >= 4 is 22.3 Å². The largest absolute Gasteiger partial charge is 0.461 e. The summed E-state index contributed by atoms with van der Waals surface area (Å²) >= 11 is 1.42. The first kappa shape index (κ1) is 13.3. The van der Waals surface area contributed by atoms with Crippen molar-refractivity contribution in [3.05, 3.63) is 11.2 Å². The highest BCUT2D eigenvalue weighted by Gasteiger charge is 2.20. The van der Waals surface area contributed by atoms with E-state index in [9.17, 15) is 4.79 Å². The maximum absolute atomic E-state index is 11.7. The van der Waals surface area contributed by atoms with E-state index in [0.717, 1.165) is 31.2 Å². The van der Waals surface area contributed by atoms with Crippen LogP contribution in [0.5, 0.6) is 0 Å². The lowest BCUT2D eigenvalue weighted by atomic mass is 10.4. The molecule has 0 aliphatic carbocycles. The lowest BCUT2D eigenvalue weighted by Gasteiger charge is -2.32. The average molecular weight is 270 g/mol. The molecule has 0 atom stereocenters. The van der Waals surface area contributed by atoms with Crippen molar-refractivity contribution in [3.63, 3.8) is 0 Å². The van der Waals surface area contributed by atoms with E-state index in [-0.39, 0.29) is 5.97 Å². The zero-order chi connectivity index (χ0) is 13.0. The molecule has 0 saturated carbocycles. The van der Waals surface area contributed by atoms with E-state index in [2.05, 4.69) is 27.4 Å². The second kappa shape index (κ2) is 6.12. The number of thiazole rings is 1. The predicted octanol–water partition coefficient (Wildman–Crippen LogP) is 0.894. The normalized spacial score (nSPS) is 17.7. The summed E-state index contributed by atoms with van der Waals surface area (Å²) in [6, 6.07) is 0. The molecule has 1 aromatic rings. The van der Waals surface area contributed by atoms with Crippen LogP contribution in [0.1, 0.15) is 17.4 Å². The Balaban J connectivity index is 1.97. The lowest BCUT2D eigenvalue weighted by molar-refractivity contribution is 0.0521. The molecule has 0 bridgehead atoms. The van der Waals surface area contributed by atoms with Gasteiger partial charge in [-0.05, 0) is 14.0 Å². The molecule has 1 aliphatic rings. The number of nitrogens with zero attached hydrogens (tertiary/aromatic N) is 3. The fraction of sp³-hybridized carbons (Fsp3) is 0.636. The first-order valence-electron chi connectivity index (χ1n) is 6.01. The number of hydrazine groups is 1. The van der Waals surface area contributed by atoms with E-state index in [4.69, 9.17) is 4.74 Å². The van der Waals surface area contributed by atoms with Crippen molar-refractivity contribution in [1.82, 2.24) is 14.9 Å². The Bertz CT molecular complexity index is 402. The number of esters is 1. The van der Waals surface area contributed by atoms with Gasteiger partial charge in [0.05, 0.1) is 12.1 Å². The molecule has 2 heterocycles. The Morgan fingerprint density at radius 2 is 2.22 bits per heavy atom.